The minimum atomic E-state index is -1.01. The number of carbonyl (C=O) groups excluding carboxylic acids is 1. The topological polar surface area (TPSA) is 77.7 Å². The van der Waals surface area contributed by atoms with Crippen molar-refractivity contribution < 1.29 is 23.8 Å². The quantitative estimate of drug-likeness (QED) is 0.554. The number of benzene rings is 1. The van der Waals surface area contributed by atoms with Crippen LogP contribution in [0.1, 0.15) is 53.8 Å². The molecular formula is C25H27F2N3O3S. The molecule has 4 unspecified atom stereocenters. The summed E-state index contributed by atoms with van der Waals surface area (Å²) in [5, 5.41) is 23.3. The average Bonchev–Trinajstić information content (AvgIpc) is 2.91. The number of hydrogen-bond acceptors (Lipinski definition) is 5. The van der Waals surface area contributed by atoms with Crippen molar-refractivity contribution in [1.82, 2.24) is 8.87 Å². The van der Waals surface area contributed by atoms with Crippen LogP contribution in [0.4, 0.5) is 14.5 Å². The molecule has 34 heavy (non-hydrogen) atoms. The highest BCUT2D eigenvalue weighted by molar-refractivity contribution is 7.97. The molecule has 0 radical (unpaired) electrons. The monoisotopic (exact) mass is 487 g/mol. The minimum Gasteiger partial charge on any atom is -0.393 e. The van der Waals surface area contributed by atoms with Crippen LogP contribution in [0.2, 0.25) is 0 Å². The van der Waals surface area contributed by atoms with Crippen molar-refractivity contribution >= 4 is 29.6 Å². The van der Waals surface area contributed by atoms with E-state index in [0.29, 0.717) is 18.7 Å². The first-order valence-electron chi connectivity index (χ1n) is 11.8. The lowest BCUT2D eigenvalue weighted by molar-refractivity contribution is -0.348. The Balaban J connectivity index is 1.31. The number of rotatable bonds is 5. The molecule has 6 nitrogen and oxygen atoms in total. The second kappa shape index (κ2) is 7.65. The van der Waals surface area contributed by atoms with Crippen LogP contribution in [-0.4, -0.2) is 49.3 Å². The van der Waals surface area contributed by atoms with Gasteiger partial charge in [-0.1, -0.05) is 6.08 Å². The Morgan fingerprint density at radius 1 is 1.29 bits per heavy atom. The SMILES string of the molecule is Cc1c(SN2C3CCC34C2CC4(O)CO)c2n(c1C(=O)Nc1ccc(F)c(F)c1)CCCC=C2. The summed E-state index contributed by atoms with van der Waals surface area (Å²) in [7, 11) is 0. The number of aliphatic hydroxyl groups is 2. The van der Waals surface area contributed by atoms with E-state index in [2.05, 4.69) is 21.8 Å². The van der Waals surface area contributed by atoms with Gasteiger partial charge in [-0.15, -0.1) is 0 Å². The molecule has 3 fully saturated rings. The Morgan fingerprint density at radius 3 is 2.79 bits per heavy atom. The Kier molecular flexibility index (Phi) is 5.01. The zero-order valence-electron chi connectivity index (χ0n) is 18.9. The highest BCUT2D eigenvalue weighted by Crippen LogP contribution is 2.74. The molecule has 3 heterocycles. The number of allylic oxidation sites excluding steroid dienone is 1. The molecule has 4 atom stereocenters. The lowest BCUT2D eigenvalue weighted by atomic mass is 9.37. The first-order valence-corrected chi connectivity index (χ1v) is 12.5. The number of aromatic nitrogens is 1. The summed E-state index contributed by atoms with van der Waals surface area (Å²) >= 11 is 1.64. The van der Waals surface area contributed by atoms with Gasteiger partial charge in [-0.2, -0.15) is 0 Å². The van der Waals surface area contributed by atoms with Crippen molar-refractivity contribution in [2.24, 2.45) is 5.41 Å². The van der Waals surface area contributed by atoms with E-state index in [9.17, 15) is 23.8 Å². The van der Waals surface area contributed by atoms with Crippen molar-refractivity contribution in [3.8, 4) is 0 Å². The molecule has 180 valence electrons. The molecule has 3 N–H and O–H groups in total. The Bertz CT molecular complexity index is 1220. The molecule has 1 aromatic heterocycles. The number of aliphatic hydroxyl groups excluding tert-OH is 1. The molecule has 9 heteroatoms. The maximum absolute atomic E-state index is 13.7. The molecule has 1 saturated heterocycles. The van der Waals surface area contributed by atoms with Crippen LogP contribution >= 0.6 is 11.9 Å². The number of fused-ring (bicyclic) bond motifs is 1. The normalized spacial score (nSPS) is 31.3. The van der Waals surface area contributed by atoms with Crippen LogP contribution < -0.4 is 5.32 Å². The lowest BCUT2D eigenvalue weighted by Crippen LogP contribution is -2.90. The summed E-state index contributed by atoms with van der Waals surface area (Å²) in [4.78, 5) is 14.3. The van der Waals surface area contributed by atoms with E-state index in [4.69, 9.17) is 0 Å². The number of piperidine rings is 2. The van der Waals surface area contributed by atoms with Crippen LogP contribution in [-0.2, 0) is 6.54 Å². The van der Waals surface area contributed by atoms with Crippen LogP contribution in [0, 0.1) is 24.0 Å². The van der Waals surface area contributed by atoms with Crippen molar-refractivity contribution in [1.29, 1.82) is 0 Å². The van der Waals surface area contributed by atoms with Gasteiger partial charge >= 0.3 is 0 Å². The average molecular weight is 488 g/mol. The second-order valence-electron chi connectivity index (χ2n) is 9.92. The van der Waals surface area contributed by atoms with Gasteiger partial charge in [-0.25, -0.2) is 13.1 Å². The number of nitrogens with zero attached hydrogens (tertiary/aromatic N) is 2. The van der Waals surface area contributed by atoms with Crippen LogP contribution in [0.15, 0.2) is 29.2 Å². The molecule has 1 aromatic carbocycles. The van der Waals surface area contributed by atoms with Crippen LogP contribution in [0.5, 0.6) is 0 Å². The first-order chi connectivity index (χ1) is 16.3. The predicted molar refractivity (Wildman–Crippen MR) is 125 cm³/mol. The summed E-state index contributed by atoms with van der Waals surface area (Å²) in [6.45, 7) is 2.41. The first kappa shape index (κ1) is 22.3. The van der Waals surface area contributed by atoms with Crippen molar-refractivity contribution in [3.05, 3.63) is 52.9 Å². The van der Waals surface area contributed by atoms with Crippen LogP contribution in [0.25, 0.3) is 6.08 Å². The van der Waals surface area contributed by atoms with E-state index >= 15 is 0 Å². The summed E-state index contributed by atoms with van der Waals surface area (Å²) in [6, 6.07) is 3.78. The van der Waals surface area contributed by atoms with E-state index in [1.807, 2.05) is 11.5 Å². The summed E-state index contributed by atoms with van der Waals surface area (Å²) < 4.78 is 31.4. The highest BCUT2D eigenvalue weighted by atomic mass is 32.2. The van der Waals surface area contributed by atoms with E-state index in [-0.39, 0.29) is 35.7 Å². The van der Waals surface area contributed by atoms with Gasteiger partial charge in [-0.3, -0.25) is 4.79 Å². The smallest absolute Gasteiger partial charge is 0.272 e. The van der Waals surface area contributed by atoms with Gasteiger partial charge in [0.15, 0.2) is 11.6 Å². The standard InChI is InChI=1S/C25H27F2N3O3S/c1-14-21(23(32)28-15-6-7-16(26)17(27)11-15)29-10-4-2-3-5-18(29)22(14)34-30-19-8-9-25(19)20(30)12-24(25,33)13-31/h3,5-7,11,19-20,31,33H,2,4,8-10,12-13H2,1H3,(H,28,32). The fourth-order valence-electron chi connectivity index (χ4n) is 6.52. The number of nitrogens with one attached hydrogen (secondary N) is 1. The molecule has 4 aliphatic rings. The van der Waals surface area contributed by atoms with E-state index < -0.39 is 17.2 Å². The Hall–Kier alpha value is -2.20. The van der Waals surface area contributed by atoms with Gasteiger partial charge in [-0.05, 0) is 74.7 Å². The third-order valence-electron chi connectivity index (χ3n) is 8.40. The molecule has 1 spiro atoms. The maximum atomic E-state index is 13.7. The summed E-state index contributed by atoms with van der Waals surface area (Å²) in [5.41, 5.74) is 1.39. The summed E-state index contributed by atoms with van der Waals surface area (Å²) in [6.07, 6.45) is 8.48. The number of carbonyl (C=O) groups is 1. The third kappa shape index (κ3) is 2.81. The minimum absolute atomic E-state index is 0.192. The number of anilines is 1. The van der Waals surface area contributed by atoms with Gasteiger partial charge in [0.1, 0.15) is 5.69 Å². The molecule has 2 aliphatic heterocycles. The fraction of sp³-hybridized carbons (Fsp3) is 0.480. The fourth-order valence-corrected chi connectivity index (χ4v) is 8.04. The van der Waals surface area contributed by atoms with Gasteiger partial charge in [0.25, 0.3) is 5.91 Å². The lowest BCUT2D eigenvalue weighted by Gasteiger charge is -2.81. The molecule has 2 aliphatic carbocycles. The molecule has 2 saturated carbocycles. The maximum Gasteiger partial charge on any atom is 0.272 e. The molecular weight excluding hydrogens is 460 g/mol. The van der Waals surface area contributed by atoms with E-state index in [1.54, 1.807) is 11.9 Å². The van der Waals surface area contributed by atoms with E-state index in [0.717, 1.165) is 54.0 Å². The highest BCUT2D eigenvalue weighted by Gasteiger charge is 2.81. The zero-order chi connectivity index (χ0) is 23.8. The van der Waals surface area contributed by atoms with Gasteiger partial charge in [0.05, 0.1) is 22.8 Å². The Morgan fingerprint density at radius 2 is 2.12 bits per heavy atom. The largest absolute Gasteiger partial charge is 0.393 e. The summed E-state index contributed by atoms with van der Waals surface area (Å²) in [5.74, 6) is -2.32. The number of halogens is 2. The second-order valence-corrected chi connectivity index (χ2v) is 10.9. The van der Waals surface area contributed by atoms with Crippen molar-refractivity contribution in [3.63, 3.8) is 0 Å². The van der Waals surface area contributed by atoms with Crippen LogP contribution in [0.3, 0.4) is 0 Å². The third-order valence-corrected chi connectivity index (χ3v) is 9.82. The zero-order valence-corrected chi connectivity index (χ0v) is 19.7. The molecule has 2 aromatic rings. The van der Waals surface area contributed by atoms with Crippen molar-refractivity contribution in [2.75, 3.05) is 11.9 Å². The van der Waals surface area contributed by atoms with Crippen molar-refractivity contribution in [2.45, 2.75) is 68.2 Å². The predicted octanol–water partition coefficient (Wildman–Crippen LogP) is 4.10. The number of hydrogen-bond donors (Lipinski definition) is 3. The molecule has 0 bridgehead atoms. The van der Waals surface area contributed by atoms with Gasteiger partial charge in [0.2, 0.25) is 0 Å². The van der Waals surface area contributed by atoms with Gasteiger partial charge < -0.3 is 20.1 Å². The number of amides is 1. The Labute approximate surface area is 200 Å². The molecule has 6 rings (SSSR count). The molecule has 1 amide bonds. The van der Waals surface area contributed by atoms with Gasteiger partial charge in [0, 0.05) is 35.8 Å². The van der Waals surface area contributed by atoms with E-state index in [1.165, 1.54) is 6.07 Å².